The van der Waals surface area contributed by atoms with Gasteiger partial charge in [-0.2, -0.15) is 0 Å². The van der Waals surface area contributed by atoms with Crippen molar-refractivity contribution >= 4 is 37.5 Å². The summed E-state index contributed by atoms with van der Waals surface area (Å²) in [6, 6.07) is 24.7. The first kappa shape index (κ1) is 25.8. The summed E-state index contributed by atoms with van der Waals surface area (Å²) in [7, 11) is -2.04. The van der Waals surface area contributed by atoms with Gasteiger partial charge in [-0.1, -0.05) is 42.5 Å². The number of hydrogen-bond acceptors (Lipinski definition) is 8. The number of methoxy groups -OCH3 is 1. The van der Waals surface area contributed by atoms with Crippen LogP contribution < -0.4 is 15.2 Å². The molecule has 38 heavy (non-hydrogen) atoms. The van der Waals surface area contributed by atoms with Crippen LogP contribution in [0.2, 0.25) is 0 Å². The zero-order chi connectivity index (χ0) is 26.5. The van der Waals surface area contributed by atoms with Crippen molar-refractivity contribution in [2.24, 2.45) is 5.14 Å². The van der Waals surface area contributed by atoms with Crippen LogP contribution in [0, 0.1) is 0 Å². The highest BCUT2D eigenvalue weighted by Crippen LogP contribution is 2.27. The number of hydrogen-bond donors (Lipinski definition) is 2. The minimum atomic E-state index is -3.70. The van der Waals surface area contributed by atoms with Crippen LogP contribution in [-0.2, 0) is 29.3 Å². The maximum absolute atomic E-state index is 11.5. The Kier molecular flexibility index (Phi) is 7.64. The fraction of sp³-hybridized carbons (Fsp3) is 0.179. The molecule has 194 valence electrons. The zero-order valence-corrected chi connectivity index (χ0v) is 22.4. The molecular weight excluding hydrogens is 518 g/mol. The molecule has 0 unspecified atom stereocenters. The predicted octanol–water partition coefficient (Wildman–Crippen LogP) is 4.58. The van der Waals surface area contributed by atoms with Gasteiger partial charge in [0, 0.05) is 19.4 Å². The van der Waals surface area contributed by atoms with Gasteiger partial charge in [-0.05, 0) is 53.9 Å². The fourth-order valence-electron chi connectivity index (χ4n) is 4.09. The van der Waals surface area contributed by atoms with E-state index in [-0.39, 0.29) is 4.90 Å². The third kappa shape index (κ3) is 6.52. The first-order chi connectivity index (χ1) is 18.4. The molecule has 0 fully saturated rings. The first-order valence-electron chi connectivity index (χ1n) is 12.1. The number of primary sulfonamides is 1. The molecule has 5 rings (SSSR count). The highest BCUT2D eigenvalue weighted by molar-refractivity contribution is 7.89. The molecule has 2 heterocycles. The van der Waals surface area contributed by atoms with E-state index in [1.165, 1.54) is 17.7 Å². The van der Waals surface area contributed by atoms with Crippen LogP contribution >= 0.6 is 11.3 Å². The van der Waals surface area contributed by atoms with Crippen molar-refractivity contribution in [2.75, 3.05) is 19.0 Å². The first-order valence-corrected chi connectivity index (χ1v) is 14.4. The van der Waals surface area contributed by atoms with Crippen molar-refractivity contribution in [1.82, 2.24) is 15.0 Å². The van der Waals surface area contributed by atoms with Gasteiger partial charge in [0.2, 0.25) is 16.0 Å². The highest BCUT2D eigenvalue weighted by Gasteiger charge is 2.11. The van der Waals surface area contributed by atoms with Crippen molar-refractivity contribution in [3.05, 3.63) is 106 Å². The van der Waals surface area contributed by atoms with E-state index in [9.17, 15) is 8.42 Å². The average Bonchev–Trinajstić information content (AvgIpc) is 3.30. The standard InChI is InChI=1S/C28H27N5O3S2/c1-36-23-9-12-25-26(18-23)37-27(33-25)17-22-16-21(15-20-5-3-2-4-6-20)31-28(32-22)30-14-13-19-7-10-24(11-8-19)38(29,34)35/h2-12,16,18H,13-15,17H2,1H3,(H2,29,34,35)(H,30,31,32). The lowest BCUT2D eigenvalue weighted by Gasteiger charge is -2.10. The number of thiazole rings is 1. The van der Waals surface area contributed by atoms with Gasteiger partial charge < -0.3 is 10.1 Å². The minimum Gasteiger partial charge on any atom is -0.497 e. The zero-order valence-electron chi connectivity index (χ0n) is 20.8. The molecule has 3 N–H and O–H groups in total. The summed E-state index contributed by atoms with van der Waals surface area (Å²) in [5, 5.41) is 9.49. The third-order valence-electron chi connectivity index (χ3n) is 5.98. The Balaban J connectivity index is 1.34. The summed E-state index contributed by atoms with van der Waals surface area (Å²) < 4.78 is 29.4. The Morgan fingerprint density at radius 1 is 0.868 bits per heavy atom. The molecule has 0 aliphatic rings. The molecule has 0 spiro atoms. The summed E-state index contributed by atoms with van der Waals surface area (Å²) in [5.41, 5.74) is 4.90. The van der Waals surface area contributed by atoms with E-state index in [0.29, 0.717) is 31.8 Å². The number of nitrogens with zero attached hydrogens (tertiary/aromatic N) is 3. The van der Waals surface area contributed by atoms with Crippen molar-refractivity contribution in [1.29, 1.82) is 0 Å². The number of aromatic nitrogens is 3. The third-order valence-corrected chi connectivity index (χ3v) is 7.93. The van der Waals surface area contributed by atoms with Crippen LogP contribution in [0.1, 0.15) is 27.5 Å². The smallest absolute Gasteiger partial charge is 0.238 e. The van der Waals surface area contributed by atoms with Crippen LogP contribution in [0.25, 0.3) is 10.2 Å². The molecule has 0 amide bonds. The van der Waals surface area contributed by atoms with Crippen LogP contribution in [0.3, 0.4) is 0 Å². The lowest BCUT2D eigenvalue weighted by Crippen LogP contribution is -2.13. The van der Waals surface area contributed by atoms with E-state index in [4.69, 9.17) is 24.8 Å². The van der Waals surface area contributed by atoms with Crippen LogP contribution in [0.5, 0.6) is 5.75 Å². The molecule has 0 saturated heterocycles. The number of rotatable bonds is 10. The number of anilines is 1. The van der Waals surface area contributed by atoms with Crippen LogP contribution in [0.15, 0.2) is 83.8 Å². The van der Waals surface area contributed by atoms with Crippen molar-refractivity contribution in [2.45, 2.75) is 24.2 Å². The minimum absolute atomic E-state index is 0.101. The predicted molar refractivity (Wildman–Crippen MR) is 150 cm³/mol. The molecular formula is C28H27N5O3S2. The van der Waals surface area contributed by atoms with Gasteiger partial charge in [-0.25, -0.2) is 28.5 Å². The summed E-state index contributed by atoms with van der Waals surface area (Å²) in [6.45, 7) is 0.587. The normalized spacial score (nSPS) is 11.5. The second kappa shape index (κ2) is 11.3. The van der Waals surface area contributed by atoms with E-state index in [0.717, 1.165) is 37.9 Å². The van der Waals surface area contributed by atoms with Gasteiger partial charge in [0.25, 0.3) is 0 Å². The summed E-state index contributed by atoms with van der Waals surface area (Å²) in [6.07, 6.45) is 1.96. The van der Waals surface area contributed by atoms with Crippen molar-refractivity contribution in [3.63, 3.8) is 0 Å². The molecule has 0 bridgehead atoms. The topological polar surface area (TPSA) is 120 Å². The number of fused-ring (bicyclic) bond motifs is 1. The summed E-state index contributed by atoms with van der Waals surface area (Å²) in [4.78, 5) is 14.4. The number of nitrogens with two attached hydrogens (primary N) is 1. The Morgan fingerprint density at radius 3 is 2.32 bits per heavy atom. The fourth-order valence-corrected chi connectivity index (χ4v) is 5.62. The number of benzene rings is 3. The van der Waals surface area contributed by atoms with Crippen LogP contribution in [0.4, 0.5) is 5.95 Å². The van der Waals surface area contributed by atoms with E-state index >= 15 is 0 Å². The van der Waals surface area contributed by atoms with Gasteiger partial charge in [0.1, 0.15) is 5.75 Å². The number of nitrogens with one attached hydrogen (secondary N) is 1. The second-order valence-electron chi connectivity index (χ2n) is 8.82. The largest absolute Gasteiger partial charge is 0.497 e. The van der Waals surface area contributed by atoms with Gasteiger partial charge >= 0.3 is 0 Å². The monoisotopic (exact) mass is 545 g/mol. The highest BCUT2D eigenvalue weighted by atomic mass is 32.2. The summed E-state index contributed by atoms with van der Waals surface area (Å²) in [5.74, 6) is 1.36. The second-order valence-corrected chi connectivity index (χ2v) is 11.5. The van der Waals surface area contributed by atoms with Crippen molar-refractivity contribution < 1.29 is 13.2 Å². The molecule has 10 heteroatoms. The van der Waals surface area contributed by atoms with E-state index < -0.39 is 10.0 Å². The van der Waals surface area contributed by atoms with Gasteiger partial charge in [0.15, 0.2) is 0 Å². The Hall–Kier alpha value is -3.86. The Labute approximate surface area is 225 Å². The van der Waals surface area contributed by atoms with Crippen molar-refractivity contribution in [3.8, 4) is 5.75 Å². The van der Waals surface area contributed by atoms with Gasteiger partial charge in [-0.3, -0.25) is 0 Å². The molecule has 0 atom stereocenters. The average molecular weight is 546 g/mol. The summed E-state index contributed by atoms with van der Waals surface area (Å²) >= 11 is 1.63. The van der Waals surface area contributed by atoms with Crippen LogP contribution in [-0.4, -0.2) is 37.0 Å². The Bertz CT molecular complexity index is 1650. The maximum Gasteiger partial charge on any atom is 0.238 e. The lowest BCUT2D eigenvalue weighted by atomic mass is 10.1. The van der Waals surface area contributed by atoms with E-state index in [1.54, 1.807) is 30.6 Å². The van der Waals surface area contributed by atoms with Gasteiger partial charge in [-0.15, -0.1) is 11.3 Å². The van der Waals surface area contributed by atoms with E-state index in [2.05, 4.69) is 17.4 Å². The van der Waals surface area contributed by atoms with E-state index in [1.807, 2.05) is 42.5 Å². The molecule has 3 aromatic carbocycles. The number of sulfonamides is 1. The van der Waals surface area contributed by atoms with Gasteiger partial charge in [0.05, 0.1) is 38.6 Å². The molecule has 5 aromatic rings. The molecule has 0 aliphatic heterocycles. The molecule has 2 aromatic heterocycles. The molecule has 0 aliphatic carbocycles. The molecule has 8 nitrogen and oxygen atoms in total. The number of ether oxygens (including phenoxy) is 1. The maximum atomic E-state index is 11.5. The Morgan fingerprint density at radius 2 is 1.61 bits per heavy atom. The lowest BCUT2D eigenvalue weighted by molar-refractivity contribution is 0.415. The SMILES string of the molecule is COc1ccc2nc(Cc3cc(Cc4ccccc4)nc(NCCc4ccc(S(N)(=O)=O)cc4)n3)sc2c1. The molecule has 0 radical (unpaired) electrons. The quantitative estimate of drug-likeness (QED) is 0.264. The molecule has 0 saturated carbocycles.